The van der Waals surface area contributed by atoms with Gasteiger partial charge >= 0.3 is 0 Å². The summed E-state index contributed by atoms with van der Waals surface area (Å²) in [5, 5.41) is 9.34. The number of aliphatic hydroxyl groups is 1. The molecule has 4 nitrogen and oxygen atoms in total. The third kappa shape index (κ3) is 1.72. The van der Waals surface area contributed by atoms with Crippen molar-refractivity contribution in [3.8, 4) is 0 Å². The smallest absolute Gasteiger partial charge is 0.0731 e. The molecule has 2 heterocycles. The van der Waals surface area contributed by atoms with Gasteiger partial charge < -0.3 is 15.7 Å². The van der Waals surface area contributed by atoms with Gasteiger partial charge in [-0.3, -0.25) is 4.98 Å². The molecule has 1 aliphatic heterocycles. The zero-order valence-corrected chi connectivity index (χ0v) is 7.35. The molecule has 0 radical (unpaired) electrons. The van der Waals surface area contributed by atoms with Crippen molar-refractivity contribution >= 4 is 11.4 Å². The minimum absolute atomic E-state index is 0.207. The van der Waals surface area contributed by atoms with Crippen molar-refractivity contribution in [3.05, 3.63) is 18.5 Å². The zero-order valence-electron chi connectivity index (χ0n) is 7.35. The Hall–Kier alpha value is -1.29. The summed E-state index contributed by atoms with van der Waals surface area (Å²) in [6.45, 7) is 1.57. The molecule has 1 aromatic heterocycles. The van der Waals surface area contributed by atoms with E-state index in [0.717, 1.165) is 18.7 Å². The summed E-state index contributed by atoms with van der Waals surface area (Å²) in [5.41, 5.74) is 7.27. The molecule has 2 rings (SSSR count). The maximum Gasteiger partial charge on any atom is 0.0731 e. The van der Waals surface area contributed by atoms with Crippen LogP contribution in [0.15, 0.2) is 18.5 Å². The van der Waals surface area contributed by atoms with Crippen LogP contribution in [-0.4, -0.2) is 29.3 Å². The number of rotatable bonds is 1. The van der Waals surface area contributed by atoms with Crippen LogP contribution in [-0.2, 0) is 0 Å². The van der Waals surface area contributed by atoms with Gasteiger partial charge in [0, 0.05) is 19.3 Å². The number of anilines is 2. The predicted octanol–water partition coefficient (Wildman–Crippen LogP) is 0.235. The number of pyridine rings is 1. The molecular weight excluding hydrogens is 166 g/mol. The summed E-state index contributed by atoms with van der Waals surface area (Å²) < 4.78 is 0. The Kier molecular flexibility index (Phi) is 2.06. The maximum absolute atomic E-state index is 9.34. The molecule has 13 heavy (non-hydrogen) atoms. The summed E-state index contributed by atoms with van der Waals surface area (Å²) >= 11 is 0. The number of nitrogens with two attached hydrogens (primary N) is 1. The molecule has 1 aliphatic rings. The third-order valence-electron chi connectivity index (χ3n) is 2.27. The van der Waals surface area contributed by atoms with Crippen LogP contribution in [0.2, 0.25) is 0 Å². The lowest BCUT2D eigenvalue weighted by Gasteiger charge is -2.17. The first-order valence-corrected chi connectivity index (χ1v) is 4.39. The molecule has 1 atom stereocenters. The highest BCUT2D eigenvalue weighted by Gasteiger charge is 2.20. The largest absolute Gasteiger partial charge is 0.397 e. The highest BCUT2D eigenvalue weighted by Crippen LogP contribution is 2.20. The molecule has 0 amide bonds. The van der Waals surface area contributed by atoms with E-state index in [1.165, 1.54) is 0 Å². The van der Waals surface area contributed by atoms with Gasteiger partial charge in [-0.1, -0.05) is 0 Å². The van der Waals surface area contributed by atoms with E-state index in [0.29, 0.717) is 12.2 Å². The number of hydrogen-bond donors (Lipinski definition) is 2. The zero-order chi connectivity index (χ0) is 9.26. The average molecular weight is 179 g/mol. The standard InChI is InChI=1S/C9H13N3O/c10-7-3-8(5-11-4-7)12-2-1-9(13)6-12/h3-5,9,13H,1-2,6,10H2/t9-/m0/s1. The van der Waals surface area contributed by atoms with E-state index < -0.39 is 0 Å². The third-order valence-corrected chi connectivity index (χ3v) is 2.27. The topological polar surface area (TPSA) is 62.4 Å². The van der Waals surface area contributed by atoms with Crippen molar-refractivity contribution in [2.24, 2.45) is 0 Å². The van der Waals surface area contributed by atoms with E-state index >= 15 is 0 Å². The van der Waals surface area contributed by atoms with Crippen molar-refractivity contribution in [1.82, 2.24) is 4.98 Å². The Bertz CT molecular complexity index is 303. The van der Waals surface area contributed by atoms with Gasteiger partial charge in [0.15, 0.2) is 0 Å². The second-order valence-corrected chi connectivity index (χ2v) is 3.36. The lowest BCUT2D eigenvalue weighted by Crippen LogP contribution is -2.21. The summed E-state index contributed by atoms with van der Waals surface area (Å²) in [7, 11) is 0. The van der Waals surface area contributed by atoms with Gasteiger partial charge in [-0.05, 0) is 12.5 Å². The van der Waals surface area contributed by atoms with Gasteiger partial charge in [0.05, 0.1) is 23.7 Å². The van der Waals surface area contributed by atoms with Crippen LogP contribution in [0.4, 0.5) is 11.4 Å². The Morgan fingerprint density at radius 3 is 3.00 bits per heavy atom. The first kappa shape index (κ1) is 8.31. The van der Waals surface area contributed by atoms with E-state index in [4.69, 9.17) is 5.73 Å². The average Bonchev–Trinajstić information content (AvgIpc) is 2.52. The van der Waals surface area contributed by atoms with Gasteiger partial charge in [-0.25, -0.2) is 0 Å². The molecular formula is C9H13N3O. The second kappa shape index (κ2) is 3.22. The molecule has 3 N–H and O–H groups in total. The number of nitrogens with zero attached hydrogens (tertiary/aromatic N) is 2. The molecule has 1 aromatic rings. The van der Waals surface area contributed by atoms with Crippen molar-refractivity contribution in [3.63, 3.8) is 0 Å². The molecule has 0 spiro atoms. The summed E-state index contributed by atoms with van der Waals surface area (Å²) in [6, 6.07) is 1.88. The van der Waals surface area contributed by atoms with Crippen LogP contribution >= 0.6 is 0 Å². The molecule has 1 saturated heterocycles. The van der Waals surface area contributed by atoms with E-state index in [2.05, 4.69) is 9.88 Å². The number of aliphatic hydroxyl groups excluding tert-OH is 1. The minimum atomic E-state index is -0.207. The van der Waals surface area contributed by atoms with Crippen LogP contribution in [0.1, 0.15) is 6.42 Å². The first-order valence-electron chi connectivity index (χ1n) is 4.39. The highest BCUT2D eigenvalue weighted by molar-refractivity contribution is 5.53. The highest BCUT2D eigenvalue weighted by atomic mass is 16.3. The minimum Gasteiger partial charge on any atom is -0.397 e. The Morgan fingerprint density at radius 1 is 1.54 bits per heavy atom. The van der Waals surface area contributed by atoms with Gasteiger partial charge in [0.25, 0.3) is 0 Å². The molecule has 1 fully saturated rings. The molecule has 0 saturated carbocycles. The Labute approximate surface area is 77.0 Å². The van der Waals surface area contributed by atoms with Crippen LogP contribution in [0.3, 0.4) is 0 Å². The quantitative estimate of drug-likeness (QED) is 0.648. The molecule has 4 heteroatoms. The van der Waals surface area contributed by atoms with Crippen LogP contribution < -0.4 is 10.6 Å². The molecule has 0 aromatic carbocycles. The fourth-order valence-corrected chi connectivity index (χ4v) is 1.59. The molecule has 70 valence electrons. The Morgan fingerprint density at radius 2 is 2.38 bits per heavy atom. The monoisotopic (exact) mass is 179 g/mol. The number of aromatic nitrogens is 1. The van der Waals surface area contributed by atoms with Crippen LogP contribution in [0.5, 0.6) is 0 Å². The van der Waals surface area contributed by atoms with Crippen molar-refractivity contribution in [2.75, 3.05) is 23.7 Å². The maximum atomic E-state index is 9.34. The van der Waals surface area contributed by atoms with Crippen LogP contribution in [0, 0.1) is 0 Å². The number of nitrogen functional groups attached to an aromatic ring is 1. The molecule has 0 aliphatic carbocycles. The van der Waals surface area contributed by atoms with Crippen molar-refractivity contribution in [1.29, 1.82) is 0 Å². The van der Waals surface area contributed by atoms with Crippen molar-refractivity contribution in [2.45, 2.75) is 12.5 Å². The van der Waals surface area contributed by atoms with E-state index in [1.54, 1.807) is 12.4 Å². The fraction of sp³-hybridized carbons (Fsp3) is 0.444. The van der Waals surface area contributed by atoms with Crippen molar-refractivity contribution < 1.29 is 5.11 Å². The van der Waals surface area contributed by atoms with Gasteiger partial charge in [-0.15, -0.1) is 0 Å². The molecule has 0 unspecified atom stereocenters. The SMILES string of the molecule is Nc1cncc(N2CC[C@H](O)C2)c1. The second-order valence-electron chi connectivity index (χ2n) is 3.36. The predicted molar refractivity (Wildman–Crippen MR) is 51.5 cm³/mol. The van der Waals surface area contributed by atoms with E-state index in [9.17, 15) is 5.11 Å². The van der Waals surface area contributed by atoms with E-state index in [1.807, 2.05) is 6.07 Å². The summed E-state index contributed by atoms with van der Waals surface area (Å²) in [6.07, 6.45) is 4.01. The molecule has 0 bridgehead atoms. The normalized spacial score (nSPS) is 22.2. The first-order chi connectivity index (χ1) is 6.25. The van der Waals surface area contributed by atoms with Crippen LogP contribution in [0.25, 0.3) is 0 Å². The van der Waals surface area contributed by atoms with Gasteiger partial charge in [0.2, 0.25) is 0 Å². The number of β-amino-alcohol motifs (C(OH)–C–C–N with tert-alkyl or cyclic N) is 1. The van der Waals surface area contributed by atoms with E-state index in [-0.39, 0.29) is 6.10 Å². The fourth-order valence-electron chi connectivity index (χ4n) is 1.59. The Balaban J connectivity index is 2.16. The lowest BCUT2D eigenvalue weighted by molar-refractivity contribution is 0.198. The summed E-state index contributed by atoms with van der Waals surface area (Å²) in [5.74, 6) is 0. The lowest BCUT2D eigenvalue weighted by atomic mass is 10.3. The number of hydrogen-bond acceptors (Lipinski definition) is 4. The van der Waals surface area contributed by atoms with Gasteiger partial charge in [0.1, 0.15) is 0 Å². The summed E-state index contributed by atoms with van der Waals surface area (Å²) in [4.78, 5) is 6.10. The van der Waals surface area contributed by atoms with Gasteiger partial charge in [-0.2, -0.15) is 0 Å².